The molecule has 0 bridgehead atoms. The van der Waals surface area contributed by atoms with E-state index >= 15 is 0 Å². The molecule has 0 spiro atoms. The topological polar surface area (TPSA) is 121 Å². The molecule has 3 rings (SSSR count). The third kappa shape index (κ3) is 5.24. The fourth-order valence-corrected chi connectivity index (χ4v) is 3.03. The van der Waals surface area contributed by atoms with E-state index in [-0.39, 0.29) is 12.1 Å². The number of piperidine rings is 1. The van der Waals surface area contributed by atoms with Crippen LogP contribution in [0, 0.1) is 0 Å². The number of likely N-dealkylation sites (tertiary alicyclic amines) is 1. The summed E-state index contributed by atoms with van der Waals surface area (Å²) in [5, 5.41) is 13.8. The highest BCUT2D eigenvalue weighted by Crippen LogP contribution is 2.14. The minimum Gasteiger partial charge on any atom is -0.461 e. The fraction of sp³-hybridized carbons (Fsp3) is 0.556. The van der Waals surface area contributed by atoms with E-state index in [1.165, 1.54) is 0 Å². The number of hydrogen-bond donors (Lipinski definition) is 3. The van der Waals surface area contributed by atoms with Gasteiger partial charge in [0.05, 0.1) is 12.9 Å². The Hall–Kier alpha value is -3.04. The Morgan fingerprint density at radius 3 is 2.96 bits per heavy atom. The van der Waals surface area contributed by atoms with E-state index in [1.807, 2.05) is 13.0 Å². The minimum atomic E-state index is -0.232. The summed E-state index contributed by atoms with van der Waals surface area (Å²) < 4.78 is 10.3. The Morgan fingerprint density at radius 1 is 1.46 bits per heavy atom. The molecule has 0 unspecified atom stereocenters. The van der Waals surface area contributed by atoms with Crippen molar-refractivity contribution in [2.24, 2.45) is 4.99 Å². The summed E-state index contributed by atoms with van der Waals surface area (Å²) in [5.74, 6) is 2.70. The monoisotopic (exact) mass is 389 g/mol. The SMILES string of the molecule is CCOC(=O)N1CCC(NC(=NC)NCCc2nc(-c3ccco3)n[nH]2)CC1. The third-order valence-corrected chi connectivity index (χ3v) is 4.51. The highest BCUT2D eigenvalue weighted by Gasteiger charge is 2.24. The lowest BCUT2D eigenvalue weighted by Crippen LogP contribution is -2.50. The predicted molar refractivity (Wildman–Crippen MR) is 104 cm³/mol. The lowest BCUT2D eigenvalue weighted by molar-refractivity contribution is 0.0963. The third-order valence-electron chi connectivity index (χ3n) is 4.51. The van der Waals surface area contributed by atoms with Crippen LogP contribution in [0.2, 0.25) is 0 Å². The number of aromatic nitrogens is 3. The van der Waals surface area contributed by atoms with Gasteiger partial charge in [0, 0.05) is 39.1 Å². The Morgan fingerprint density at radius 2 is 2.29 bits per heavy atom. The van der Waals surface area contributed by atoms with Crippen LogP contribution >= 0.6 is 0 Å². The molecule has 1 saturated heterocycles. The molecule has 152 valence electrons. The number of carbonyl (C=O) groups excluding carboxylic acids is 1. The standard InChI is InChI=1S/C18H27N7O3/c1-3-27-18(26)25-10-7-13(8-11-25)21-17(19-2)20-9-6-15-22-16(24-23-15)14-5-4-12-28-14/h4-5,12-13H,3,6-11H2,1-2H3,(H2,19,20,21)(H,22,23,24). The molecule has 1 aliphatic rings. The number of guanidine groups is 1. The van der Waals surface area contributed by atoms with Crippen LogP contribution in [0.15, 0.2) is 27.8 Å². The van der Waals surface area contributed by atoms with E-state index in [0.29, 0.717) is 44.2 Å². The van der Waals surface area contributed by atoms with Crippen LogP contribution < -0.4 is 10.6 Å². The second-order valence-electron chi connectivity index (χ2n) is 6.44. The zero-order valence-corrected chi connectivity index (χ0v) is 16.3. The summed E-state index contributed by atoms with van der Waals surface area (Å²) in [6.07, 6.45) is 3.75. The molecule has 10 heteroatoms. The van der Waals surface area contributed by atoms with Crippen LogP contribution in [-0.4, -0.2) is 71.5 Å². The van der Waals surface area contributed by atoms with Crippen LogP contribution in [0.4, 0.5) is 4.79 Å². The molecule has 10 nitrogen and oxygen atoms in total. The molecule has 0 aromatic carbocycles. The average molecular weight is 389 g/mol. The summed E-state index contributed by atoms with van der Waals surface area (Å²) in [4.78, 5) is 22.2. The van der Waals surface area contributed by atoms with Gasteiger partial charge in [-0.15, -0.1) is 0 Å². The van der Waals surface area contributed by atoms with E-state index in [2.05, 4.69) is 30.8 Å². The van der Waals surface area contributed by atoms with E-state index in [4.69, 9.17) is 9.15 Å². The van der Waals surface area contributed by atoms with Crippen molar-refractivity contribution in [2.45, 2.75) is 32.2 Å². The summed E-state index contributed by atoms with van der Waals surface area (Å²) in [6, 6.07) is 3.90. The maximum Gasteiger partial charge on any atom is 0.409 e. The fourth-order valence-electron chi connectivity index (χ4n) is 3.03. The van der Waals surface area contributed by atoms with E-state index in [1.54, 1.807) is 24.3 Å². The minimum absolute atomic E-state index is 0.232. The second-order valence-corrected chi connectivity index (χ2v) is 6.44. The normalized spacial score (nSPS) is 15.5. The van der Waals surface area contributed by atoms with Crippen molar-refractivity contribution in [3.8, 4) is 11.6 Å². The van der Waals surface area contributed by atoms with Crippen LogP contribution in [-0.2, 0) is 11.2 Å². The van der Waals surface area contributed by atoms with Gasteiger partial charge in [-0.05, 0) is 31.9 Å². The van der Waals surface area contributed by atoms with Crippen molar-refractivity contribution >= 4 is 12.1 Å². The number of furan rings is 1. The molecule has 0 atom stereocenters. The summed E-state index contributed by atoms with van der Waals surface area (Å²) in [6.45, 7) is 4.25. The molecule has 1 amide bonds. The largest absolute Gasteiger partial charge is 0.461 e. The number of nitrogens with one attached hydrogen (secondary N) is 3. The van der Waals surface area contributed by atoms with Gasteiger partial charge in [0.15, 0.2) is 11.7 Å². The first kappa shape index (κ1) is 19.7. The van der Waals surface area contributed by atoms with Crippen molar-refractivity contribution in [2.75, 3.05) is 33.3 Å². The van der Waals surface area contributed by atoms with Crippen molar-refractivity contribution in [3.05, 3.63) is 24.2 Å². The van der Waals surface area contributed by atoms with Gasteiger partial charge in [0.1, 0.15) is 5.82 Å². The number of ether oxygens (including phenoxy) is 1. The Kier molecular flexibility index (Phi) is 6.88. The Balaban J connectivity index is 1.39. The molecule has 1 aliphatic heterocycles. The molecule has 2 aromatic heterocycles. The lowest BCUT2D eigenvalue weighted by Gasteiger charge is -2.32. The number of nitrogens with zero attached hydrogens (tertiary/aromatic N) is 4. The van der Waals surface area contributed by atoms with Crippen molar-refractivity contribution in [1.82, 2.24) is 30.7 Å². The Bertz CT molecular complexity index is 764. The van der Waals surface area contributed by atoms with Gasteiger partial charge < -0.3 is 24.7 Å². The molecular formula is C18H27N7O3. The molecular weight excluding hydrogens is 362 g/mol. The number of aliphatic imine (C=N–C) groups is 1. The summed E-state index contributed by atoms with van der Waals surface area (Å²) in [7, 11) is 1.74. The van der Waals surface area contributed by atoms with Crippen LogP contribution in [0.3, 0.4) is 0 Å². The van der Waals surface area contributed by atoms with Crippen molar-refractivity contribution < 1.29 is 13.9 Å². The average Bonchev–Trinajstić information content (AvgIpc) is 3.39. The van der Waals surface area contributed by atoms with E-state index < -0.39 is 0 Å². The molecule has 0 radical (unpaired) electrons. The number of amides is 1. The second kappa shape index (κ2) is 9.77. The molecule has 0 aliphatic carbocycles. The first-order valence-corrected chi connectivity index (χ1v) is 9.53. The van der Waals surface area contributed by atoms with E-state index in [0.717, 1.165) is 24.6 Å². The quantitative estimate of drug-likeness (QED) is 0.504. The van der Waals surface area contributed by atoms with Crippen molar-refractivity contribution in [1.29, 1.82) is 0 Å². The van der Waals surface area contributed by atoms with E-state index in [9.17, 15) is 4.79 Å². The molecule has 28 heavy (non-hydrogen) atoms. The predicted octanol–water partition coefficient (Wildman–Crippen LogP) is 1.39. The zero-order chi connectivity index (χ0) is 19.8. The number of H-pyrrole nitrogens is 1. The summed E-state index contributed by atoms with van der Waals surface area (Å²) >= 11 is 0. The first-order chi connectivity index (χ1) is 13.7. The van der Waals surface area contributed by atoms with Gasteiger partial charge in [-0.3, -0.25) is 10.1 Å². The maximum absolute atomic E-state index is 11.8. The molecule has 2 aromatic rings. The zero-order valence-electron chi connectivity index (χ0n) is 16.3. The molecule has 1 fully saturated rings. The first-order valence-electron chi connectivity index (χ1n) is 9.53. The van der Waals surface area contributed by atoms with Gasteiger partial charge >= 0.3 is 6.09 Å². The number of aromatic amines is 1. The number of rotatable bonds is 6. The maximum atomic E-state index is 11.8. The van der Waals surface area contributed by atoms with Gasteiger partial charge in [-0.25, -0.2) is 9.78 Å². The number of hydrogen-bond acceptors (Lipinski definition) is 6. The van der Waals surface area contributed by atoms with Gasteiger partial charge in [-0.1, -0.05) is 0 Å². The molecule has 3 N–H and O–H groups in total. The smallest absolute Gasteiger partial charge is 0.409 e. The van der Waals surface area contributed by atoms with Crippen LogP contribution in [0.25, 0.3) is 11.6 Å². The highest BCUT2D eigenvalue weighted by molar-refractivity contribution is 5.80. The molecule has 0 saturated carbocycles. The van der Waals surface area contributed by atoms with Gasteiger partial charge in [0.25, 0.3) is 0 Å². The van der Waals surface area contributed by atoms with Crippen LogP contribution in [0.5, 0.6) is 0 Å². The van der Waals surface area contributed by atoms with Crippen molar-refractivity contribution in [3.63, 3.8) is 0 Å². The molecule has 3 heterocycles. The van der Waals surface area contributed by atoms with Gasteiger partial charge in [-0.2, -0.15) is 5.10 Å². The highest BCUT2D eigenvalue weighted by atomic mass is 16.6. The lowest BCUT2D eigenvalue weighted by atomic mass is 10.1. The number of carbonyl (C=O) groups is 1. The Labute approximate surface area is 163 Å². The van der Waals surface area contributed by atoms with Gasteiger partial charge in [0.2, 0.25) is 5.82 Å². The van der Waals surface area contributed by atoms with Crippen LogP contribution in [0.1, 0.15) is 25.6 Å². The summed E-state index contributed by atoms with van der Waals surface area (Å²) in [5.41, 5.74) is 0.